The van der Waals surface area contributed by atoms with Gasteiger partial charge in [0.05, 0.1) is 0 Å². The smallest absolute Gasteiger partial charge is 0.0495 e. The molecule has 0 fully saturated rings. The van der Waals surface area contributed by atoms with Gasteiger partial charge in [0.25, 0.3) is 0 Å². The van der Waals surface area contributed by atoms with Gasteiger partial charge in [-0.15, -0.1) is 0 Å². The first-order valence-corrected chi connectivity index (χ1v) is 6.38. The Balaban J connectivity index is 2.53. The Hall–Kier alpha value is 1.05. The Kier molecular flexibility index (Phi) is 9.11. The first-order chi connectivity index (χ1) is 3.91. The van der Waals surface area contributed by atoms with Crippen molar-refractivity contribution in [2.24, 2.45) is 0 Å². The number of rotatable bonds is 5. The van der Waals surface area contributed by atoms with Gasteiger partial charge >= 0.3 is 0 Å². The summed E-state index contributed by atoms with van der Waals surface area (Å²) >= 11 is 1.99. The van der Waals surface area contributed by atoms with Crippen molar-refractivity contribution in [3.63, 3.8) is 0 Å². The fraction of sp³-hybridized carbons (Fsp3) is 1.00. The van der Waals surface area contributed by atoms with Crippen molar-refractivity contribution in [2.45, 2.75) is 13.8 Å². The van der Waals surface area contributed by atoms with E-state index in [0.717, 1.165) is 0 Å². The fourth-order valence-corrected chi connectivity index (χ4v) is 3.34. The van der Waals surface area contributed by atoms with Crippen molar-refractivity contribution in [3.05, 3.63) is 0 Å². The van der Waals surface area contributed by atoms with Gasteiger partial charge < -0.3 is 0 Å². The highest BCUT2D eigenvalue weighted by atomic mass is 33.1. The topological polar surface area (TPSA) is 0 Å². The van der Waals surface area contributed by atoms with Crippen LogP contribution >= 0.6 is 33.3 Å². The molecule has 0 aliphatic carbocycles. The lowest BCUT2D eigenvalue weighted by Gasteiger charge is -1.93. The standard InChI is InChI=1S/C5H12S3/c1-3-6-5-8-7-4-2/h3-5H2,1-2H3. The minimum Gasteiger partial charge on any atom is -0.150 e. The van der Waals surface area contributed by atoms with Crippen LogP contribution in [0.15, 0.2) is 0 Å². The molecular formula is C5H12S3. The fourth-order valence-electron chi connectivity index (χ4n) is 0.235. The molecule has 0 heterocycles. The summed E-state index contributed by atoms with van der Waals surface area (Å²) < 4.78 is 0. The zero-order chi connectivity index (χ0) is 6.24. The van der Waals surface area contributed by atoms with E-state index in [2.05, 4.69) is 13.8 Å². The maximum atomic E-state index is 2.20. The van der Waals surface area contributed by atoms with E-state index in [4.69, 9.17) is 0 Å². The highest BCUT2D eigenvalue weighted by Crippen LogP contribution is 2.24. The molecule has 0 unspecified atom stereocenters. The van der Waals surface area contributed by atoms with Gasteiger partial charge in [-0.05, 0) is 5.75 Å². The normalized spacial score (nSPS) is 9.75. The molecule has 0 bridgehead atoms. The maximum Gasteiger partial charge on any atom is 0.0495 e. The van der Waals surface area contributed by atoms with Gasteiger partial charge in [-0.2, -0.15) is 11.8 Å². The van der Waals surface area contributed by atoms with Gasteiger partial charge in [-0.3, -0.25) is 0 Å². The Morgan fingerprint density at radius 2 is 1.75 bits per heavy atom. The van der Waals surface area contributed by atoms with Crippen LogP contribution < -0.4 is 0 Å². The predicted molar refractivity (Wildman–Crippen MR) is 48.7 cm³/mol. The minimum absolute atomic E-state index is 1.23. The molecule has 0 aromatic heterocycles. The summed E-state index contributed by atoms with van der Waals surface area (Å²) in [7, 11) is 3.90. The van der Waals surface area contributed by atoms with Crippen LogP contribution in [0.3, 0.4) is 0 Å². The molecule has 0 saturated heterocycles. The lowest BCUT2D eigenvalue weighted by atomic mass is 11.0. The van der Waals surface area contributed by atoms with Crippen molar-refractivity contribution < 1.29 is 0 Å². The van der Waals surface area contributed by atoms with Crippen LogP contribution in [0.5, 0.6) is 0 Å². The highest BCUT2D eigenvalue weighted by molar-refractivity contribution is 8.78. The maximum absolute atomic E-state index is 2.20. The van der Waals surface area contributed by atoms with Crippen molar-refractivity contribution in [3.8, 4) is 0 Å². The van der Waals surface area contributed by atoms with Crippen LogP contribution in [0.2, 0.25) is 0 Å². The molecule has 50 valence electrons. The second-order valence-electron chi connectivity index (χ2n) is 1.14. The van der Waals surface area contributed by atoms with Crippen LogP contribution in [0.4, 0.5) is 0 Å². The van der Waals surface area contributed by atoms with E-state index in [0.29, 0.717) is 0 Å². The summed E-state index contributed by atoms with van der Waals surface area (Å²) in [5.41, 5.74) is 0. The Morgan fingerprint density at radius 3 is 2.25 bits per heavy atom. The van der Waals surface area contributed by atoms with E-state index < -0.39 is 0 Å². The van der Waals surface area contributed by atoms with Gasteiger partial charge in [-0.25, -0.2) is 0 Å². The van der Waals surface area contributed by atoms with Gasteiger partial charge in [0.15, 0.2) is 0 Å². The zero-order valence-corrected chi connectivity index (χ0v) is 7.80. The summed E-state index contributed by atoms with van der Waals surface area (Å²) in [5.74, 6) is 2.48. The second kappa shape index (κ2) is 8.05. The SMILES string of the molecule is CCSCSSCC. The molecule has 8 heavy (non-hydrogen) atoms. The molecule has 0 N–H and O–H groups in total. The van der Waals surface area contributed by atoms with Crippen molar-refractivity contribution in [1.29, 1.82) is 0 Å². The van der Waals surface area contributed by atoms with Gasteiger partial charge in [0.2, 0.25) is 0 Å². The Bertz CT molecular complexity index is 32.7. The molecule has 0 rings (SSSR count). The van der Waals surface area contributed by atoms with Crippen molar-refractivity contribution >= 4 is 33.3 Å². The molecule has 0 aliphatic rings. The van der Waals surface area contributed by atoms with E-state index in [1.807, 2.05) is 33.3 Å². The molecule has 0 atom stereocenters. The minimum atomic E-state index is 1.23. The molecule has 0 spiro atoms. The summed E-state index contributed by atoms with van der Waals surface area (Å²) in [5, 5.41) is 1.25. The molecule has 0 radical (unpaired) electrons. The largest absolute Gasteiger partial charge is 0.150 e. The number of hydrogen-bond acceptors (Lipinski definition) is 3. The molecule has 0 nitrogen and oxygen atoms in total. The molecule has 0 aliphatic heterocycles. The lowest BCUT2D eigenvalue weighted by Crippen LogP contribution is -1.67. The molecule has 3 heteroatoms. The van der Waals surface area contributed by atoms with Crippen LogP contribution in [-0.2, 0) is 0 Å². The van der Waals surface area contributed by atoms with Crippen LogP contribution in [-0.4, -0.2) is 16.6 Å². The quantitative estimate of drug-likeness (QED) is 0.352. The van der Waals surface area contributed by atoms with E-state index in [-0.39, 0.29) is 0 Å². The Morgan fingerprint density at radius 1 is 1.00 bits per heavy atom. The van der Waals surface area contributed by atoms with Crippen molar-refractivity contribution in [1.82, 2.24) is 0 Å². The number of thioether (sulfide) groups is 1. The van der Waals surface area contributed by atoms with E-state index in [1.165, 1.54) is 16.6 Å². The summed E-state index contributed by atoms with van der Waals surface area (Å²) in [6, 6.07) is 0. The first kappa shape index (κ1) is 9.05. The van der Waals surface area contributed by atoms with E-state index in [9.17, 15) is 0 Å². The predicted octanol–water partition coefficient (Wildman–Crippen LogP) is 3.10. The van der Waals surface area contributed by atoms with Crippen LogP contribution in [0.25, 0.3) is 0 Å². The highest BCUT2D eigenvalue weighted by Gasteiger charge is 1.83. The summed E-state index contributed by atoms with van der Waals surface area (Å²) in [6.45, 7) is 4.39. The monoisotopic (exact) mass is 168 g/mol. The van der Waals surface area contributed by atoms with Gasteiger partial charge in [0, 0.05) is 10.8 Å². The zero-order valence-electron chi connectivity index (χ0n) is 5.35. The molecule has 0 aromatic carbocycles. The third kappa shape index (κ3) is 7.05. The average molecular weight is 168 g/mol. The third-order valence-electron chi connectivity index (χ3n) is 0.537. The summed E-state index contributed by atoms with van der Waals surface area (Å²) in [4.78, 5) is 0. The van der Waals surface area contributed by atoms with Crippen molar-refractivity contribution in [2.75, 3.05) is 16.6 Å². The van der Waals surface area contributed by atoms with Crippen LogP contribution in [0, 0.1) is 0 Å². The molecule has 0 amide bonds. The van der Waals surface area contributed by atoms with Gasteiger partial charge in [-0.1, -0.05) is 35.4 Å². The first-order valence-electron chi connectivity index (χ1n) is 2.74. The lowest BCUT2D eigenvalue weighted by molar-refractivity contribution is 1.53. The van der Waals surface area contributed by atoms with E-state index >= 15 is 0 Å². The second-order valence-corrected chi connectivity index (χ2v) is 5.53. The number of hydrogen-bond donors (Lipinski definition) is 0. The third-order valence-corrected chi connectivity index (χ3v) is 4.47. The molecular weight excluding hydrogens is 156 g/mol. The molecule has 0 saturated carbocycles. The molecule has 0 aromatic rings. The Labute approximate surface area is 64.0 Å². The van der Waals surface area contributed by atoms with E-state index in [1.54, 1.807) is 0 Å². The summed E-state index contributed by atoms with van der Waals surface area (Å²) in [6.07, 6.45) is 0. The van der Waals surface area contributed by atoms with Gasteiger partial charge in [0.1, 0.15) is 0 Å². The average Bonchev–Trinajstić information content (AvgIpc) is 1.81. The van der Waals surface area contributed by atoms with Crippen LogP contribution in [0.1, 0.15) is 13.8 Å².